The number of hydrogen-bond acceptors (Lipinski definition) is 4. The fraction of sp³-hybridized carbons (Fsp3) is 0.357. The number of hydrogen-bond donors (Lipinski definition) is 0. The van der Waals surface area contributed by atoms with Gasteiger partial charge < -0.3 is 9.42 Å². The lowest BCUT2D eigenvalue weighted by Gasteiger charge is -2.21. The molecule has 1 amide bonds. The first-order valence-corrected chi connectivity index (χ1v) is 7.09. The second-order valence-corrected chi connectivity index (χ2v) is 5.72. The summed E-state index contributed by atoms with van der Waals surface area (Å²) in [6.45, 7) is 0.763. The van der Waals surface area contributed by atoms with E-state index in [2.05, 4.69) is 10.1 Å². The van der Waals surface area contributed by atoms with Crippen LogP contribution in [0.15, 0.2) is 22.7 Å². The minimum absolute atomic E-state index is 0.00957. The van der Waals surface area contributed by atoms with E-state index >= 15 is 0 Å². The van der Waals surface area contributed by atoms with Crippen LogP contribution in [-0.2, 0) is 0 Å². The SMILES string of the molecule is Cc1noc([C@@H]2CC(F)(F)CN2C(=O)c2ccc(F)c(Cl)c2)n1. The van der Waals surface area contributed by atoms with Crippen LogP contribution in [0, 0.1) is 12.7 Å². The fourth-order valence-corrected chi connectivity index (χ4v) is 2.67. The molecular formula is C14H11ClF3N3O2. The molecule has 0 N–H and O–H groups in total. The number of aromatic nitrogens is 2. The van der Waals surface area contributed by atoms with Gasteiger partial charge in [-0.15, -0.1) is 0 Å². The quantitative estimate of drug-likeness (QED) is 0.837. The van der Waals surface area contributed by atoms with Crippen molar-refractivity contribution in [2.75, 3.05) is 6.54 Å². The Morgan fingerprint density at radius 1 is 1.48 bits per heavy atom. The smallest absolute Gasteiger partial charge is 0.267 e. The molecule has 0 bridgehead atoms. The third-order valence-corrected chi connectivity index (χ3v) is 3.82. The van der Waals surface area contributed by atoms with Crippen LogP contribution < -0.4 is 0 Å². The Balaban J connectivity index is 1.94. The van der Waals surface area contributed by atoms with E-state index in [1.54, 1.807) is 6.92 Å². The van der Waals surface area contributed by atoms with E-state index < -0.39 is 36.7 Å². The van der Waals surface area contributed by atoms with Gasteiger partial charge in [0.15, 0.2) is 5.82 Å². The minimum Gasteiger partial charge on any atom is -0.337 e. The van der Waals surface area contributed by atoms with Gasteiger partial charge in [-0.1, -0.05) is 16.8 Å². The first kappa shape index (κ1) is 15.8. The van der Waals surface area contributed by atoms with Crippen LogP contribution in [-0.4, -0.2) is 33.4 Å². The van der Waals surface area contributed by atoms with E-state index in [9.17, 15) is 18.0 Å². The van der Waals surface area contributed by atoms with E-state index in [1.165, 1.54) is 6.07 Å². The number of halogens is 4. The number of benzene rings is 1. The summed E-state index contributed by atoms with van der Waals surface area (Å²) in [6.07, 6.45) is -0.616. The van der Waals surface area contributed by atoms with Gasteiger partial charge in [0.25, 0.3) is 11.8 Å². The topological polar surface area (TPSA) is 59.2 Å². The summed E-state index contributed by atoms with van der Waals surface area (Å²) in [5.41, 5.74) is 0.00957. The molecule has 0 aliphatic carbocycles. The lowest BCUT2D eigenvalue weighted by molar-refractivity contribution is 0.0117. The zero-order chi connectivity index (χ0) is 16.8. The van der Waals surface area contributed by atoms with Crippen LogP contribution in [0.5, 0.6) is 0 Å². The molecule has 0 saturated carbocycles. The van der Waals surface area contributed by atoms with Crippen LogP contribution >= 0.6 is 11.6 Å². The summed E-state index contributed by atoms with van der Waals surface area (Å²) < 4.78 is 45.7. The summed E-state index contributed by atoms with van der Waals surface area (Å²) in [7, 11) is 0. The van der Waals surface area contributed by atoms with Crippen molar-refractivity contribution in [1.29, 1.82) is 0 Å². The number of aryl methyl sites for hydroxylation is 1. The number of alkyl halides is 2. The highest BCUT2D eigenvalue weighted by Crippen LogP contribution is 2.41. The largest absolute Gasteiger partial charge is 0.337 e. The van der Waals surface area contributed by atoms with Crippen molar-refractivity contribution in [3.63, 3.8) is 0 Å². The molecule has 2 heterocycles. The molecule has 1 aliphatic rings. The van der Waals surface area contributed by atoms with Crippen molar-refractivity contribution < 1.29 is 22.5 Å². The van der Waals surface area contributed by atoms with Gasteiger partial charge in [0.05, 0.1) is 11.6 Å². The summed E-state index contributed by atoms with van der Waals surface area (Å²) in [6, 6.07) is 2.26. The summed E-state index contributed by atoms with van der Waals surface area (Å²) in [4.78, 5) is 17.4. The Labute approximate surface area is 134 Å². The van der Waals surface area contributed by atoms with Crippen molar-refractivity contribution >= 4 is 17.5 Å². The molecule has 1 aromatic heterocycles. The number of likely N-dealkylation sites (tertiary alicyclic amines) is 1. The predicted octanol–water partition coefficient (Wildman–Crippen LogP) is 3.39. The number of carbonyl (C=O) groups excluding carboxylic acids is 1. The van der Waals surface area contributed by atoms with Gasteiger partial charge in [0.1, 0.15) is 11.9 Å². The average Bonchev–Trinajstić information content (AvgIpc) is 3.04. The van der Waals surface area contributed by atoms with E-state index in [-0.39, 0.29) is 22.3 Å². The van der Waals surface area contributed by atoms with E-state index in [1.807, 2.05) is 0 Å². The van der Waals surface area contributed by atoms with E-state index in [0.29, 0.717) is 0 Å². The Morgan fingerprint density at radius 2 is 2.22 bits per heavy atom. The Bertz CT molecular complexity index is 765. The van der Waals surface area contributed by atoms with Crippen molar-refractivity contribution in [2.45, 2.75) is 25.3 Å². The average molecular weight is 346 g/mol. The molecule has 5 nitrogen and oxygen atoms in total. The van der Waals surface area contributed by atoms with E-state index in [0.717, 1.165) is 17.0 Å². The van der Waals surface area contributed by atoms with Crippen LogP contribution in [0.2, 0.25) is 5.02 Å². The lowest BCUT2D eigenvalue weighted by atomic mass is 10.1. The standard InChI is InChI=1S/C14H11ClF3N3O2/c1-7-19-12(23-20-7)11-5-14(17,18)6-21(11)13(22)8-2-3-10(16)9(15)4-8/h2-4,11H,5-6H2,1H3/t11-/m0/s1. The molecule has 1 fully saturated rings. The molecule has 0 unspecified atom stereocenters. The lowest BCUT2D eigenvalue weighted by Crippen LogP contribution is -2.33. The van der Waals surface area contributed by atoms with Crippen LogP contribution in [0.1, 0.15) is 34.5 Å². The van der Waals surface area contributed by atoms with E-state index in [4.69, 9.17) is 16.1 Å². The number of amides is 1. The van der Waals surface area contributed by atoms with Gasteiger partial charge in [0.2, 0.25) is 5.89 Å². The Morgan fingerprint density at radius 3 is 2.83 bits per heavy atom. The second-order valence-electron chi connectivity index (χ2n) is 5.32. The van der Waals surface area contributed by atoms with Gasteiger partial charge in [-0.3, -0.25) is 4.79 Å². The second kappa shape index (κ2) is 5.52. The van der Waals surface area contributed by atoms with Gasteiger partial charge in [-0.25, -0.2) is 13.2 Å². The zero-order valence-electron chi connectivity index (χ0n) is 11.9. The molecule has 122 valence electrons. The monoisotopic (exact) mass is 345 g/mol. The maximum absolute atomic E-state index is 13.8. The first-order valence-electron chi connectivity index (χ1n) is 6.71. The third kappa shape index (κ3) is 3.03. The molecule has 1 aromatic carbocycles. The van der Waals surface area contributed by atoms with Crippen molar-refractivity contribution in [3.8, 4) is 0 Å². The number of carbonyl (C=O) groups is 1. The normalized spacial score (nSPS) is 20.0. The van der Waals surface area contributed by atoms with Gasteiger partial charge in [-0.05, 0) is 25.1 Å². The van der Waals surface area contributed by atoms with Gasteiger partial charge in [-0.2, -0.15) is 4.98 Å². The minimum atomic E-state index is -3.08. The van der Waals surface area contributed by atoms with Crippen molar-refractivity contribution in [1.82, 2.24) is 15.0 Å². The molecule has 0 radical (unpaired) electrons. The highest BCUT2D eigenvalue weighted by atomic mass is 35.5. The molecule has 1 aliphatic heterocycles. The fourth-order valence-electron chi connectivity index (χ4n) is 2.49. The Kier molecular flexibility index (Phi) is 3.79. The predicted molar refractivity (Wildman–Crippen MR) is 73.8 cm³/mol. The molecule has 2 aromatic rings. The molecule has 1 atom stereocenters. The van der Waals surface area contributed by atoms with Crippen LogP contribution in [0.3, 0.4) is 0 Å². The molecular weight excluding hydrogens is 335 g/mol. The highest BCUT2D eigenvalue weighted by Gasteiger charge is 2.50. The van der Waals surface area contributed by atoms with Crippen LogP contribution in [0.25, 0.3) is 0 Å². The Hall–Kier alpha value is -2.09. The first-order chi connectivity index (χ1) is 10.8. The van der Waals surface area contributed by atoms with Gasteiger partial charge >= 0.3 is 0 Å². The number of rotatable bonds is 2. The summed E-state index contributed by atoms with van der Waals surface area (Å²) in [5.74, 6) is -4.25. The molecule has 3 rings (SSSR count). The maximum Gasteiger partial charge on any atom is 0.267 e. The molecule has 23 heavy (non-hydrogen) atoms. The summed E-state index contributed by atoms with van der Waals surface area (Å²) >= 11 is 5.64. The molecule has 0 spiro atoms. The zero-order valence-corrected chi connectivity index (χ0v) is 12.6. The number of nitrogens with zero attached hydrogens (tertiary/aromatic N) is 3. The van der Waals surface area contributed by atoms with Crippen LogP contribution in [0.4, 0.5) is 13.2 Å². The third-order valence-electron chi connectivity index (χ3n) is 3.53. The van der Waals surface area contributed by atoms with Gasteiger partial charge in [0, 0.05) is 12.0 Å². The maximum atomic E-state index is 13.8. The summed E-state index contributed by atoms with van der Waals surface area (Å²) in [5, 5.41) is 3.30. The van der Waals surface area contributed by atoms with Crippen molar-refractivity contribution in [2.24, 2.45) is 0 Å². The molecule has 9 heteroatoms. The van der Waals surface area contributed by atoms with Crippen molar-refractivity contribution in [3.05, 3.63) is 46.3 Å². The highest BCUT2D eigenvalue weighted by molar-refractivity contribution is 6.31. The molecule has 1 saturated heterocycles.